The molecule has 0 aromatic carbocycles. The number of aromatic nitrogens is 5. The Morgan fingerprint density at radius 1 is 1.08 bits per heavy atom. The van der Waals surface area contributed by atoms with Gasteiger partial charge in [0.1, 0.15) is 11.4 Å². The second kappa shape index (κ2) is 10.3. The first kappa shape index (κ1) is 25.3. The van der Waals surface area contributed by atoms with E-state index in [2.05, 4.69) is 51.1 Å². The van der Waals surface area contributed by atoms with Gasteiger partial charge in [0.05, 0.1) is 18.2 Å². The monoisotopic (exact) mass is 540 g/mol. The van der Waals surface area contributed by atoms with Crippen LogP contribution in [-0.2, 0) is 4.74 Å². The van der Waals surface area contributed by atoms with Crippen molar-refractivity contribution in [1.82, 2.24) is 30.0 Å². The van der Waals surface area contributed by atoms with E-state index in [1.54, 1.807) is 12.4 Å². The molecule has 1 aliphatic carbocycles. The Labute approximate surface area is 226 Å². The molecule has 12 heteroatoms. The molecule has 3 aliphatic rings. The van der Waals surface area contributed by atoms with Crippen molar-refractivity contribution < 1.29 is 9.15 Å². The molecule has 1 saturated carbocycles. The number of aromatic amines is 1. The number of H-pyrrole nitrogens is 1. The Balaban J connectivity index is 1.49. The smallest absolute Gasteiger partial charge is 0.384 e. The van der Waals surface area contributed by atoms with Crippen molar-refractivity contribution in [3.63, 3.8) is 0 Å². The van der Waals surface area contributed by atoms with E-state index in [0.717, 1.165) is 23.7 Å². The third-order valence-corrected chi connectivity index (χ3v) is 8.16. The number of rotatable bonds is 5. The predicted molar refractivity (Wildman–Crippen MR) is 144 cm³/mol. The van der Waals surface area contributed by atoms with Crippen LogP contribution in [-0.4, -0.2) is 68.2 Å². The molecule has 6 rings (SSSR count). The molecule has 0 spiro atoms. The molecule has 1 saturated heterocycles. The standard InChI is InChI=1S/C26H33ClN8O3/c1-14-4-6-17(7-5-14)11-34-21-20(18-8-19(27)10-28-9-18)29-23(24-32-33-26(36)38-24)30-22(21)31-25(34)35-15(2)12-37-13-16(35)3/h8-10,14-17,25H,4-7,11-13H2,1-3H3,(H,33,36)(H,29,30,31)/t14-,15-,16-,17-,25?/m1/s1. The van der Waals surface area contributed by atoms with Crippen molar-refractivity contribution in [2.45, 2.75) is 64.8 Å². The first-order valence-electron chi connectivity index (χ1n) is 13.3. The van der Waals surface area contributed by atoms with E-state index in [-0.39, 0.29) is 30.1 Å². The zero-order valence-corrected chi connectivity index (χ0v) is 22.6. The van der Waals surface area contributed by atoms with Gasteiger partial charge in [-0.05, 0) is 44.6 Å². The van der Waals surface area contributed by atoms with Gasteiger partial charge in [-0.3, -0.25) is 9.88 Å². The molecule has 2 N–H and O–H groups in total. The quantitative estimate of drug-likeness (QED) is 0.490. The van der Waals surface area contributed by atoms with Gasteiger partial charge < -0.3 is 19.4 Å². The average Bonchev–Trinajstić information content (AvgIpc) is 3.48. The first-order valence-corrected chi connectivity index (χ1v) is 13.7. The number of nitrogens with zero attached hydrogens (tertiary/aromatic N) is 6. The predicted octanol–water partition coefficient (Wildman–Crippen LogP) is 3.99. The lowest BCUT2D eigenvalue weighted by Gasteiger charge is -2.46. The third kappa shape index (κ3) is 4.78. The summed E-state index contributed by atoms with van der Waals surface area (Å²) < 4.78 is 11.1. The Bertz CT molecular complexity index is 1340. The summed E-state index contributed by atoms with van der Waals surface area (Å²) in [7, 11) is 0. The molecule has 0 bridgehead atoms. The van der Waals surface area contributed by atoms with Gasteiger partial charge in [-0.15, -0.1) is 5.10 Å². The van der Waals surface area contributed by atoms with Crippen molar-refractivity contribution in [2.75, 3.05) is 30.0 Å². The second-order valence-corrected chi connectivity index (χ2v) is 11.3. The van der Waals surface area contributed by atoms with Gasteiger partial charge in [-0.25, -0.2) is 19.9 Å². The highest BCUT2D eigenvalue weighted by Gasteiger charge is 2.43. The lowest BCUT2D eigenvalue weighted by atomic mass is 9.83. The van der Waals surface area contributed by atoms with E-state index in [1.165, 1.54) is 25.7 Å². The maximum absolute atomic E-state index is 11.7. The zero-order valence-electron chi connectivity index (χ0n) is 21.9. The lowest BCUT2D eigenvalue weighted by Crippen LogP contribution is -2.61. The highest BCUT2D eigenvalue weighted by Crippen LogP contribution is 2.45. The van der Waals surface area contributed by atoms with Crippen LogP contribution in [0.25, 0.3) is 23.0 Å². The van der Waals surface area contributed by atoms with Crippen molar-refractivity contribution in [1.29, 1.82) is 0 Å². The van der Waals surface area contributed by atoms with Gasteiger partial charge in [0, 0.05) is 36.6 Å². The highest BCUT2D eigenvalue weighted by atomic mass is 35.5. The molecule has 5 heterocycles. The van der Waals surface area contributed by atoms with E-state index in [4.69, 9.17) is 30.7 Å². The molecular formula is C26H33ClN8O3. The molecule has 0 amide bonds. The number of anilines is 2. The van der Waals surface area contributed by atoms with Crippen LogP contribution in [0.4, 0.5) is 11.5 Å². The summed E-state index contributed by atoms with van der Waals surface area (Å²) in [5.41, 5.74) is 2.31. The first-order chi connectivity index (χ1) is 18.4. The Kier molecular flexibility index (Phi) is 6.83. The minimum absolute atomic E-state index is 0.0280. The largest absolute Gasteiger partial charge is 0.434 e. The van der Waals surface area contributed by atoms with Crippen molar-refractivity contribution in [3.8, 4) is 23.0 Å². The van der Waals surface area contributed by atoms with Gasteiger partial charge in [-0.2, -0.15) is 0 Å². The van der Waals surface area contributed by atoms with Gasteiger partial charge in [0.15, 0.2) is 12.1 Å². The molecule has 3 aromatic rings. The molecule has 3 aromatic heterocycles. The Hall–Kier alpha value is -3.02. The van der Waals surface area contributed by atoms with Crippen molar-refractivity contribution in [3.05, 3.63) is 34.0 Å². The Morgan fingerprint density at radius 2 is 1.84 bits per heavy atom. The number of nitrogens with one attached hydrogen (secondary N) is 2. The van der Waals surface area contributed by atoms with Gasteiger partial charge in [0.25, 0.3) is 5.89 Å². The summed E-state index contributed by atoms with van der Waals surface area (Å²) in [6.07, 6.45) is 8.07. The average molecular weight is 541 g/mol. The molecule has 3 atom stereocenters. The highest BCUT2D eigenvalue weighted by molar-refractivity contribution is 6.30. The van der Waals surface area contributed by atoms with Crippen LogP contribution in [0.15, 0.2) is 27.7 Å². The fourth-order valence-electron chi connectivity index (χ4n) is 6.03. The topological polar surface area (TPSA) is 125 Å². The summed E-state index contributed by atoms with van der Waals surface area (Å²) in [5, 5.41) is 10.5. The second-order valence-electron chi connectivity index (χ2n) is 10.9. The normalized spacial score (nSPS) is 27.8. The number of hydrogen-bond acceptors (Lipinski definition) is 10. The number of pyridine rings is 1. The van der Waals surface area contributed by atoms with E-state index in [1.807, 2.05) is 6.07 Å². The van der Waals surface area contributed by atoms with Gasteiger partial charge >= 0.3 is 5.76 Å². The molecule has 2 fully saturated rings. The maximum Gasteiger partial charge on any atom is 0.434 e. The number of hydrogen-bond donors (Lipinski definition) is 2. The van der Waals surface area contributed by atoms with Crippen LogP contribution in [0.1, 0.15) is 46.5 Å². The summed E-state index contributed by atoms with van der Waals surface area (Å²) >= 11 is 6.37. The van der Waals surface area contributed by atoms with Crippen LogP contribution in [0.3, 0.4) is 0 Å². The summed E-state index contributed by atoms with van der Waals surface area (Å²) in [6, 6.07) is 2.25. The zero-order chi connectivity index (χ0) is 26.4. The number of morpholine rings is 1. The summed E-state index contributed by atoms with van der Waals surface area (Å²) in [6.45, 7) is 8.92. The molecule has 1 unspecified atom stereocenters. The van der Waals surface area contributed by atoms with E-state index in [9.17, 15) is 4.79 Å². The van der Waals surface area contributed by atoms with Crippen molar-refractivity contribution >= 4 is 23.1 Å². The van der Waals surface area contributed by atoms with E-state index < -0.39 is 5.76 Å². The minimum Gasteiger partial charge on any atom is -0.384 e. The molecule has 38 heavy (non-hydrogen) atoms. The van der Waals surface area contributed by atoms with Crippen LogP contribution >= 0.6 is 11.6 Å². The minimum atomic E-state index is -0.662. The molecular weight excluding hydrogens is 508 g/mol. The fraction of sp³-hybridized carbons (Fsp3) is 0.577. The van der Waals surface area contributed by atoms with Crippen LogP contribution in [0.5, 0.6) is 0 Å². The van der Waals surface area contributed by atoms with Gasteiger partial charge in [-0.1, -0.05) is 31.4 Å². The summed E-state index contributed by atoms with van der Waals surface area (Å²) in [5.74, 6) is 1.57. The van der Waals surface area contributed by atoms with E-state index in [0.29, 0.717) is 35.7 Å². The molecule has 202 valence electrons. The van der Waals surface area contributed by atoms with Crippen molar-refractivity contribution in [2.24, 2.45) is 11.8 Å². The SMILES string of the molecule is C[C@@H]1COC[C@@H](C)N1C1Nc2nc(-c3n[nH]c(=O)o3)nc(-c3cncc(Cl)c3)c2N1C[C@H]1CC[C@H](C)CC1. The lowest BCUT2D eigenvalue weighted by molar-refractivity contribution is -0.0528. The number of fused-ring (bicyclic) bond motifs is 1. The Morgan fingerprint density at radius 3 is 2.53 bits per heavy atom. The number of ether oxygens (including phenoxy) is 1. The van der Waals surface area contributed by atoms with Crippen LogP contribution < -0.4 is 16.0 Å². The number of halogens is 1. The fourth-order valence-corrected chi connectivity index (χ4v) is 6.20. The van der Waals surface area contributed by atoms with Crippen LogP contribution in [0, 0.1) is 11.8 Å². The van der Waals surface area contributed by atoms with E-state index >= 15 is 0 Å². The molecule has 0 radical (unpaired) electrons. The summed E-state index contributed by atoms with van der Waals surface area (Å²) in [4.78, 5) is 30.6. The van der Waals surface area contributed by atoms with Crippen LogP contribution in [0.2, 0.25) is 5.02 Å². The molecule has 11 nitrogen and oxygen atoms in total. The molecule has 2 aliphatic heterocycles. The van der Waals surface area contributed by atoms with Gasteiger partial charge in [0.2, 0.25) is 5.82 Å². The third-order valence-electron chi connectivity index (χ3n) is 7.95. The maximum atomic E-state index is 11.7.